The number of nitrogens with zero attached hydrogens (tertiary/aromatic N) is 3. The van der Waals surface area contributed by atoms with E-state index in [0.29, 0.717) is 13.1 Å². The first kappa shape index (κ1) is 24.9. The van der Waals surface area contributed by atoms with Gasteiger partial charge in [-0.1, -0.05) is 36.4 Å². The molecule has 0 aromatic heterocycles. The van der Waals surface area contributed by atoms with Gasteiger partial charge in [-0.05, 0) is 37.1 Å². The van der Waals surface area contributed by atoms with Crippen molar-refractivity contribution >= 4 is 29.1 Å². The standard InChI is InChI=1S/C26H31N5O3/c27-16-7-17-31(23-10-5-2-6-11-23)26(34)13-12-24(32)28-22-14-18-30(19-15-22)20-25(33)29-21-8-3-1-4-9-21/h1-6,8-11,22H,7,12-15,17-20H2,(H,28,32)(H,29,33). The summed E-state index contributed by atoms with van der Waals surface area (Å²) < 4.78 is 0. The van der Waals surface area contributed by atoms with E-state index in [2.05, 4.69) is 21.6 Å². The van der Waals surface area contributed by atoms with Crippen LogP contribution in [0.5, 0.6) is 0 Å². The Morgan fingerprint density at radius 2 is 1.59 bits per heavy atom. The fraction of sp³-hybridized carbons (Fsp3) is 0.385. The summed E-state index contributed by atoms with van der Waals surface area (Å²) in [5, 5.41) is 14.8. The number of hydrogen-bond donors (Lipinski definition) is 2. The Morgan fingerprint density at radius 1 is 0.941 bits per heavy atom. The normalized spacial score (nSPS) is 14.1. The van der Waals surface area contributed by atoms with E-state index in [9.17, 15) is 14.4 Å². The molecule has 8 heteroatoms. The highest BCUT2D eigenvalue weighted by molar-refractivity contribution is 5.95. The second kappa shape index (κ2) is 13.1. The van der Waals surface area contributed by atoms with Crippen LogP contribution in [0.3, 0.4) is 0 Å². The number of rotatable bonds is 10. The van der Waals surface area contributed by atoms with Crippen molar-refractivity contribution in [2.24, 2.45) is 0 Å². The molecule has 1 aliphatic rings. The van der Waals surface area contributed by atoms with Crippen LogP contribution in [0.25, 0.3) is 0 Å². The van der Waals surface area contributed by atoms with E-state index >= 15 is 0 Å². The molecule has 1 aliphatic heterocycles. The molecule has 178 valence electrons. The summed E-state index contributed by atoms with van der Waals surface area (Å²) in [6.07, 6.45) is 1.95. The van der Waals surface area contributed by atoms with Crippen molar-refractivity contribution in [3.8, 4) is 6.07 Å². The number of carbonyl (C=O) groups is 3. The van der Waals surface area contributed by atoms with Crippen LogP contribution in [0.15, 0.2) is 60.7 Å². The molecule has 0 unspecified atom stereocenters. The van der Waals surface area contributed by atoms with Crippen LogP contribution in [0.1, 0.15) is 32.1 Å². The Hall–Kier alpha value is -3.70. The van der Waals surface area contributed by atoms with Crippen LogP contribution in [0.2, 0.25) is 0 Å². The van der Waals surface area contributed by atoms with Gasteiger partial charge in [0, 0.05) is 49.9 Å². The van der Waals surface area contributed by atoms with Gasteiger partial charge in [-0.25, -0.2) is 0 Å². The van der Waals surface area contributed by atoms with Gasteiger partial charge in [0.25, 0.3) is 0 Å². The highest BCUT2D eigenvalue weighted by atomic mass is 16.2. The molecule has 0 radical (unpaired) electrons. The Kier molecular flexibility index (Phi) is 9.62. The third-order valence-electron chi connectivity index (χ3n) is 5.76. The van der Waals surface area contributed by atoms with Crippen LogP contribution in [-0.2, 0) is 14.4 Å². The zero-order valence-corrected chi connectivity index (χ0v) is 19.3. The van der Waals surface area contributed by atoms with Crippen molar-refractivity contribution in [1.29, 1.82) is 5.26 Å². The lowest BCUT2D eigenvalue weighted by molar-refractivity contribution is -0.126. The third-order valence-corrected chi connectivity index (χ3v) is 5.76. The topological polar surface area (TPSA) is 106 Å². The number of benzene rings is 2. The molecule has 0 saturated carbocycles. The van der Waals surface area contributed by atoms with Gasteiger partial charge in [0.2, 0.25) is 17.7 Å². The van der Waals surface area contributed by atoms with E-state index in [4.69, 9.17) is 5.26 Å². The molecule has 34 heavy (non-hydrogen) atoms. The van der Waals surface area contributed by atoms with Gasteiger partial charge in [0.15, 0.2) is 0 Å². The van der Waals surface area contributed by atoms with Crippen molar-refractivity contribution in [3.63, 3.8) is 0 Å². The molecule has 1 heterocycles. The number of likely N-dealkylation sites (tertiary alicyclic amines) is 1. The Labute approximate surface area is 200 Å². The second-order valence-corrected chi connectivity index (χ2v) is 8.32. The van der Waals surface area contributed by atoms with E-state index < -0.39 is 0 Å². The summed E-state index contributed by atoms with van der Waals surface area (Å²) in [7, 11) is 0. The van der Waals surface area contributed by atoms with Gasteiger partial charge in [0.05, 0.1) is 19.0 Å². The monoisotopic (exact) mass is 461 g/mol. The van der Waals surface area contributed by atoms with E-state index in [1.54, 1.807) is 4.90 Å². The van der Waals surface area contributed by atoms with Crippen LogP contribution in [-0.4, -0.2) is 54.8 Å². The van der Waals surface area contributed by atoms with Gasteiger partial charge in [-0.15, -0.1) is 0 Å². The van der Waals surface area contributed by atoms with Crippen molar-refractivity contribution in [2.45, 2.75) is 38.1 Å². The summed E-state index contributed by atoms with van der Waals surface area (Å²) in [6, 6.07) is 20.7. The summed E-state index contributed by atoms with van der Waals surface area (Å²) in [6.45, 7) is 2.07. The van der Waals surface area contributed by atoms with Crippen molar-refractivity contribution in [1.82, 2.24) is 10.2 Å². The average molecular weight is 462 g/mol. The van der Waals surface area contributed by atoms with Gasteiger partial charge in [-0.2, -0.15) is 5.26 Å². The number of piperidine rings is 1. The molecule has 3 amide bonds. The molecule has 8 nitrogen and oxygen atoms in total. The highest BCUT2D eigenvalue weighted by Gasteiger charge is 2.23. The molecule has 2 aromatic rings. The summed E-state index contributed by atoms with van der Waals surface area (Å²) in [4.78, 5) is 41.0. The molecule has 0 aliphatic carbocycles. The number of nitrogens with one attached hydrogen (secondary N) is 2. The molecular weight excluding hydrogens is 430 g/mol. The molecule has 0 spiro atoms. The Morgan fingerprint density at radius 3 is 2.24 bits per heavy atom. The minimum atomic E-state index is -0.171. The number of amides is 3. The number of carbonyl (C=O) groups excluding carboxylic acids is 3. The molecule has 2 N–H and O–H groups in total. The quantitative estimate of drug-likeness (QED) is 0.566. The predicted octanol–water partition coefficient (Wildman–Crippen LogP) is 2.93. The van der Waals surface area contributed by atoms with Crippen molar-refractivity contribution in [3.05, 3.63) is 60.7 Å². The fourth-order valence-electron chi connectivity index (χ4n) is 3.98. The summed E-state index contributed by atoms with van der Waals surface area (Å²) >= 11 is 0. The lowest BCUT2D eigenvalue weighted by Crippen LogP contribution is -2.46. The largest absolute Gasteiger partial charge is 0.353 e. The van der Waals surface area contributed by atoms with Crippen molar-refractivity contribution < 1.29 is 14.4 Å². The predicted molar refractivity (Wildman–Crippen MR) is 131 cm³/mol. The van der Waals surface area contributed by atoms with Crippen LogP contribution in [0.4, 0.5) is 11.4 Å². The first-order chi connectivity index (χ1) is 16.5. The first-order valence-corrected chi connectivity index (χ1v) is 11.6. The first-order valence-electron chi connectivity index (χ1n) is 11.6. The number of anilines is 2. The van der Waals surface area contributed by atoms with E-state index in [1.807, 2.05) is 60.7 Å². The smallest absolute Gasteiger partial charge is 0.238 e. The summed E-state index contributed by atoms with van der Waals surface area (Å²) in [5.74, 6) is -0.371. The molecule has 2 aromatic carbocycles. The Balaban J connectivity index is 1.38. The zero-order chi connectivity index (χ0) is 24.2. The maximum atomic E-state index is 12.7. The number of hydrogen-bond acceptors (Lipinski definition) is 5. The summed E-state index contributed by atoms with van der Waals surface area (Å²) in [5.41, 5.74) is 1.51. The number of nitriles is 1. The van der Waals surface area contributed by atoms with Gasteiger partial charge >= 0.3 is 0 Å². The average Bonchev–Trinajstić information content (AvgIpc) is 2.85. The van der Waals surface area contributed by atoms with Gasteiger partial charge in [-0.3, -0.25) is 19.3 Å². The molecule has 1 fully saturated rings. The minimum Gasteiger partial charge on any atom is -0.353 e. The minimum absolute atomic E-state index is 0.0415. The lowest BCUT2D eigenvalue weighted by atomic mass is 10.0. The SMILES string of the molecule is N#CCCN(C(=O)CCC(=O)NC1CCN(CC(=O)Nc2ccccc2)CC1)c1ccccc1. The lowest BCUT2D eigenvalue weighted by Gasteiger charge is -2.32. The molecule has 3 rings (SSSR count). The maximum Gasteiger partial charge on any atom is 0.238 e. The van der Waals surface area contributed by atoms with Crippen LogP contribution in [0, 0.1) is 11.3 Å². The van der Waals surface area contributed by atoms with E-state index in [1.165, 1.54) is 0 Å². The molecule has 0 bridgehead atoms. The van der Waals surface area contributed by atoms with Crippen molar-refractivity contribution in [2.75, 3.05) is 36.4 Å². The van der Waals surface area contributed by atoms with Gasteiger partial charge in [0.1, 0.15) is 0 Å². The van der Waals surface area contributed by atoms with E-state index in [0.717, 1.165) is 37.3 Å². The molecule has 0 atom stereocenters. The maximum absolute atomic E-state index is 12.7. The number of para-hydroxylation sites is 2. The van der Waals surface area contributed by atoms with Crippen LogP contribution >= 0.6 is 0 Å². The molecule has 1 saturated heterocycles. The molecular formula is C26H31N5O3. The van der Waals surface area contributed by atoms with E-state index in [-0.39, 0.29) is 43.0 Å². The highest BCUT2D eigenvalue weighted by Crippen LogP contribution is 2.16. The zero-order valence-electron chi connectivity index (χ0n) is 19.3. The fourth-order valence-corrected chi connectivity index (χ4v) is 3.98. The Bertz CT molecular complexity index is 983. The third kappa shape index (κ3) is 8.01. The van der Waals surface area contributed by atoms with Gasteiger partial charge < -0.3 is 15.5 Å². The second-order valence-electron chi connectivity index (χ2n) is 8.32. The van der Waals surface area contributed by atoms with Crippen LogP contribution < -0.4 is 15.5 Å².